The molecule has 4 aromatic heterocycles. The molecular formula is C64H45B2N6NaO4S3. The summed E-state index contributed by atoms with van der Waals surface area (Å²) in [4.78, 5) is 15.1. The fraction of sp³-hybridized carbons (Fsp3) is 0.0625. The van der Waals surface area contributed by atoms with Crippen LogP contribution in [0.25, 0.3) is 69.8 Å². The molecule has 0 fully saturated rings. The first kappa shape index (κ1) is 53.9. The maximum atomic E-state index is 12.2. The van der Waals surface area contributed by atoms with E-state index in [0.29, 0.717) is 43.4 Å². The first-order chi connectivity index (χ1) is 38.7. The van der Waals surface area contributed by atoms with E-state index in [2.05, 4.69) is 87.5 Å². The van der Waals surface area contributed by atoms with E-state index >= 15 is 0 Å². The molecule has 0 aliphatic rings. The zero-order valence-corrected chi connectivity index (χ0v) is 48.1. The van der Waals surface area contributed by atoms with Crippen molar-refractivity contribution in [3.63, 3.8) is 0 Å². The number of para-hydroxylation sites is 2. The van der Waals surface area contributed by atoms with Crippen LogP contribution in [0.15, 0.2) is 218 Å². The van der Waals surface area contributed by atoms with E-state index in [4.69, 9.17) is 14.7 Å². The molecular weight excluding hydrogens is 1060 g/mol. The van der Waals surface area contributed by atoms with Crippen molar-refractivity contribution in [2.75, 3.05) is 12.4 Å². The predicted octanol–water partition coefficient (Wildman–Crippen LogP) is 6.73. The summed E-state index contributed by atoms with van der Waals surface area (Å²) < 4.78 is 47.3. The molecule has 16 heteroatoms. The van der Waals surface area contributed by atoms with Crippen molar-refractivity contribution in [1.82, 2.24) is 18.9 Å². The zero-order chi connectivity index (χ0) is 54.0. The molecule has 0 bridgehead atoms. The maximum Gasteiger partial charge on any atom is 1.00 e. The number of thiazole rings is 2. The molecule has 0 unspecified atom stereocenters. The molecule has 0 radical (unpaired) electrons. The van der Waals surface area contributed by atoms with E-state index in [1.54, 1.807) is 0 Å². The Morgan fingerprint density at radius 2 is 1.06 bits per heavy atom. The minimum Gasteiger partial charge on any atom is -0.748 e. The maximum absolute atomic E-state index is 12.2. The quantitative estimate of drug-likeness (QED) is 0.0482. The van der Waals surface area contributed by atoms with Crippen LogP contribution in [-0.2, 0) is 10.1 Å². The van der Waals surface area contributed by atoms with Gasteiger partial charge in [-0.3, -0.25) is 0 Å². The van der Waals surface area contributed by atoms with Gasteiger partial charge in [-0.25, -0.2) is 23.2 Å². The number of hydrogen-bond donors (Lipinski definition) is 0. The first-order valence-electron chi connectivity index (χ1n) is 25.7. The van der Waals surface area contributed by atoms with Gasteiger partial charge >= 0.3 is 43.3 Å². The van der Waals surface area contributed by atoms with E-state index in [0.717, 1.165) is 75.4 Å². The van der Waals surface area contributed by atoms with E-state index in [-0.39, 0.29) is 42.6 Å². The topological polar surface area (TPSA) is 130 Å². The monoisotopic (exact) mass is 1100 g/mol. The van der Waals surface area contributed by atoms with Crippen molar-refractivity contribution in [2.45, 2.75) is 13.3 Å². The largest absolute Gasteiger partial charge is 1.00 e. The van der Waals surface area contributed by atoms with Gasteiger partial charge in [0.15, 0.2) is 0 Å². The fourth-order valence-corrected chi connectivity index (χ4v) is 13.2. The summed E-state index contributed by atoms with van der Waals surface area (Å²) in [6.45, 7) is 10.5. The molecule has 8 aromatic carbocycles. The van der Waals surface area contributed by atoms with Gasteiger partial charge in [-0.1, -0.05) is 192 Å². The summed E-state index contributed by atoms with van der Waals surface area (Å²) in [6, 6.07) is 75.9. The van der Waals surface area contributed by atoms with Gasteiger partial charge in [-0.2, -0.15) is 5.26 Å². The van der Waals surface area contributed by atoms with Crippen LogP contribution in [0, 0.1) is 24.8 Å². The zero-order valence-electron chi connectivity index (χ0n) is 43.6. The van der Waals surface area contributed by atoms with E-state index in [1.807, 2.05) is 158 Å². The smallest absolute Gasteiger partial charge is 0.748 e. The summed E-state index contributed by atoms with van der Waals surface area (Å²) >= 11 is 2.93. The number of rotatable bonds is 15. The Balaban J connectivity index is 0.00000675. The van der Waals surface area contributed by atoms with E-state index in [1.165, 1.54) is 22.7 Å². The van der Waals surface area contributed by atoms with Crippen molar-refractivity contribution in [1.29, 1.82) is 5.26 Å². The van der Waals surface area contributed by atoms with Gasteiger partial charge in [-0.05, 0) is 73.0 Å². The number of nitrogens with zero attached hydrogens (tertiary/aromatic N) is 6. The molecule has 0 atom stereocenters. The average Bonchev–Trinajstić information content (AvgIpc) is 4.45. The number of aryl methyl sites for hydroxylation is 1. The molecule has 4 heterocycles. The van der Waals surface area contributed by atoms with Crippen LogP contribution < -0.4 is 66.8 Å². The molecule has 12 aromatic rings. The van der Waals surface area contributed by atoms with Crippen LogP contribution in [0.2, 0.25) is 0 Å². The summed E-state index contributed by atoms with van der Waals surface area (Å²) in [5.74, 6) is -0.0751. The molecule has 0 spiro atoms. The first-order valence-corrected chi connectivity index (χ1v) is 28.9. The van der Waals surface area contributed by atoms with Crippen molar-refractivity contribution >= 4 is 111 Å². The summed E-state index contributed by atoms with van der Waals surface area (Å²) in [6.07, 6.45) is 0.0261. The molecule has 0 saturated carbocycles. The van der Waals surface area contributed by atoms with Gasteiger partial charge in [0.05, 0.1) is 49.1 Å². The van der Waals surface area contributed by atoms with Crippen LogP contribution in [0.1, 0.15) is 22.0 Å². The predicted molar refractivity (Wildman–Crippen MR) is 323 cm³/mol. The number of fused-ring (bicyclic) bond motifs is 3. The van der Waals surface area contributed by atoms with Crippen LogP contribution in [0.3, 0.4) is 0 Å². The number of aromatic nitrogens is 4. The molecule has 0 aliphatic heterocycles. The van der Waals surface area contributed by atoms with Crippen molar-refractivity contribution in [3.05, 3.63) is 256 Å². The van der Waals surface area contributed by atoms with Crippen molar-refractivity contribution in [3.8, 4) is 34.3 Å². The molecule has 0 aliphatic carbocycles. The van der Waals surface area contributed by atoms with E-state index < -0.39 is 29.6 Å². The third kappa shape index (κ3) is 10.4. The van der Waals surface area contributed by atoms with Gasteiger partial charge in [-0.15, -0.1) is 22.7 Å². The van der Waals surface area contributed by atoms with Crippen LogP contribution in [-0.4, -0.2) is 57.9 Å². The molecule has 0 saturated heterocycles. The standard InChI is InChI=1S/C64H46B2N6O4S3.Na/c1-43-22-15-16-31-50(43)60-57-56(61(51(42-67)63-69-52-32-17-19-34-54(52)77-63)72(60)66(47-27-11-5-12-28-47)48-29-13-6-14-30-48)59(44-36-38-49(39-37-44)76-40-21-41-79(73,74)75)71(65(45-23-7-3-8-24-45)46-25-9-4-10-26-46)62(57)58(68-2)64-70-53-33-18-20-35-55(53)78-64;/h3-20,22-39H,21,40-41H2,1H3,(H,73,74,75);/q;+1/p-1/b61-51-,62-58+;. The second-order valence-electron chi connectivity index (χ2n) is 19.1. The molecule has 0 amide bonds. The third-order valence-electron chi connectivity index (χ3n) is 14.2. The Morgan fingerprint density at radius 1 is 0.613 bits per heavy atom. The summed E-state index contributed by atoms with van der Waals surface area (Å²) in [5, 5.41) is 16.0. The SMILES string of the molecule is [C-]#[N+]/C(c1nc2ccccc2s1)=c1\c2c(-c3ccccc3C)n(B(c3ccccc3)c3ccccc3)/c(=C(/C#N)c3nc4ccccc4s3)c2c(-c2ccc(OCCCS(=O)(=O)[O-])cc2)n1B(c1ccccc1)c1ccccc1.[Na+]. The Bertz CT molecular complexity index is 4340. The van der Waals surface area contributed by atoms with Gasteiger partial charge in [0.25, 0.3) is 0 Å². The van der Waals surface area contributed by atoms with Gasteiger partial charge in [0, 0.05) is 38.8 Å². The van der Waals surface area contributed by atoms with Crippen molar-refractivity contribution < 1.29 is 47.3 Å². The molecule has 0 N–H and O–H groups in total. The Labute approximate surface area is 494 Å². The molecule has 12 rings (SSSR count). The number of benzene rings is 8. The van der Waals surface area contributed by atoms with Gasteiger partial charge in [0.2, 0.25) is 5.70 Å². The number of ether oxygens (including phenoxy) is 1. The molecule has 10 nitrogen and oxygen atoms in total. The molecule has 80 heavy (non-hydrogen) atoms. The normalized spacial score (nSPS) is 12.2. The number of hydrogen-bond acceptors (Lipinski definition) is 9. The average molecular weight is 1100 g/mol. The Kier molecular flexibility index (Phi) is 15.7. The second kappa shape index (κ2) is 23.3. The van der Waals surface area contributed by atoms with Gasteiger partial charge in [0.1, 0.15) is 27.4 Å². The Morgan fingerprint density at radius 3 is 1.55 bits per heavy atom. The third-order valence-corrected chi connectivity index (χ3v) is 17.0. The summed E-state index contributed by atoms with van der Waals surface area (Å²) in [7, 11) is -4.43. The minimum absolute atomic E-state index is 0. The minimum atomic E-state index is -4.43. The van der Waals surface area contributed by atoms with E-state index in [9.17, 15) is 24.8 Å². The fourth-order valence-electron chi connectivity index (χ4n) is 10.8. The molecule has 380 valence electrons. The number of nitriles is 1. The van der Waals surface area contributed by atoms with Gasteiger partial charge < -0.3 is 18.2 Å². The summed E-state index contributed by atoms with van der Waals surface area (Å²) in [5.41, 5.74) is 10.2. The second-order valence-corrected chi connectivity index (χ2v) is 22.6. The van der Waals surface area contributed by atoms with Crippen LogP contribution >= 0.6 is 22.7 Å². The van der Waals surface area contributed by atoms with Crippen LogP contribution in [0.4, 0.5) is 0 Å². The Hall–Kier alpha value is -8.08. The van der Waals surface area contributed by atoms with Crippen molar-refractivity contribution in [2.24, 2.45) is 0 Å². The van der Waals surface area contributed by atoms with Crippen LogP contribution in [0.5, 0.6) is 5.75 Å².